The second kappa shape index (κ2) is 20.9. The van der Waals surface area contributed by atoms with Crippen LogP contribution in [0.1, 0.15) is 37.7 Å². The van der Waals surface area contributed by atoms with Crippen molar-refractivity contribution in [2.24, 2.45) is 5.14 Å². The van der Waals surface area contributed by atoms with E-state index in [0.717, 1.165) is 12.4 Å². The fourth-order valence-corrected chi connectivity index (χ4v) is 1.72. The number of benzene rings is 1. The van der Waals surface area contributed by atoms with E-state index in [1.54, 1.807) is 6.07 Å². The smallest absolute Gasteiger partial charge is 0.250 e. The van der Waals surface area contributed by atoms with E-state index in [-0.39, 0.29) is 12.5 Å². The minimum absolute atomic E-state index is 0.0550. The van der Waals surface area contributed by atoms with Crippen LogP contribution in [0.5, 0.6) is 0 Å². The second-order valence-corrected chi connectivity index (χ2v) is 4.59. The maximum atomic E-state index is 13.3. The molecule has 0 radical (unpaired) electrons. The molecular weight excluding hydrogens is 363 g/mol. The predicted molar refractivity (Wildman–Crippen MR) is 94.8 cm³/mol. The highest BCUT2D eigenvalue weighted by Crippen LogP contribution is 2.24. The molecule has 1 rings (SSSR count). The summed E-state index contributed by atoms with van der Waals surface area (Å²) in [5.41, 5.74) is 0.390. The zero-order valence-corrected chi connectivity index (χ0v) is 15.5. The van der Waals surface area contributed by atoms with Gasteiger partial charge in [-0.1, -0.05) is 19.1 Å². The van der Waals surface area contributed by atoms with Crippen LogP contribution in [0.3, 0.4) is 0 Å². The van der Waals surface area contributed by atoms with Crippen LogP contribution in [0, 0.1) is 11.6 Å². The molecule has 1 aromatic carbocycles. The summed E-state index contributed by atoms with van der Waals surface area (Å²) in [5.74, 6) is -1.63. The van der Waals surface area contributed by atoms with Gasteiger partial charge in [-0.3, -0.25) is 9.53 Å². The molecule has 0 bridgehead atoms. The summed E-state index contributed by atoms with van der Waals surface area (Å²) in [6, 6.07) is 4.20. The number of hydrogen-bond donors (Lipinski definition) is 3. The van der Waals surface area contributed by atoms with Gasteiger partial charge in [0.2, 0.25) is 0 Å². The highest BCUT2D eigenvalue weighted by Gasteiger charge is 2.13. The number of unbranched alkanes of at least 4 members (excludes halogenated alkanes) is 1. The van der Waals surface area contributed by atoms with Crippen LogP contribution in [0.15, 0.2) is 18.2 Å². The zero-order valence-electron chi connectivity index (χ0n) is 14.6. The first-order valence-electron chi connectivity index (χ1n) is 7.37. The standard InChI is InChI=1S/C12H14F2O.C3H7F2N.CH3F.H3NS/c1-9(5-2-3-8-15)10-6-4-7-11(13)12(10)14;1-6-2-3(4)5;2*1-2/h4,6-9H,2-3,5H2,1H3;3,6H,2H2,1H3;1H3;2H,1H2. The lowest BCUT2D eigenvalue weighted by Gasteiger charge is -2.12. The Bertz CT molecular complexity index is 426. The maximum absolute atomic E-state index is 13.3. The molecule has 0 aliphatic rings. The molecule has 0 aromatic heterocycles. The van der Waals surface area contributed by atoms with Crippen molar-refractivity contribution in [1.82, 2.24) is 5.32 Å². The van der Waals surface area contributed by atoms with Crippen LogP contribution in [-0.4, -0.2) is 33.5 Å². The van der Waals surface area contributed by atoms with E-state index in [9.17, 15) is 26.7 Å². The third-order valence-corrected chi connectivity index (χ3v) is 2.83. The van der Waals surface area contributed by atoms with Crippen LogP contribution in [0.2, 0.25) is 0 Å². The normalized spacial score (nSPS) is 10.4. The molecule has 0 fully saturated rings. The maximum Gasteiger partial charge on any atom is 0.250 e. The zero-order chi connectivity index (χ0) is 20.3. The quantitative estimate of drug-likeness (QED) is 0.282. The highest BCUT2D eigenvalue weighted by molar-refractivity contribution is 7.77. The van der Waals surface area contributed by atoms with Crippen molar-refractivity contribution in [3.63, 3.8) is 0 Å². The number of thiol groups is 1. The molecular formula is C16H27F5N2OS. The number of nitrogens with two attached hydrogens (primary N) is 1. The Hall–Kier alpha value is -1.19. The van der Waals surface area contributed by atoms with E-state index in [0.29, 0.717) is 32.0 Å². The lowest BCUT2D eigenvalue weighted by Crippen LogP contribution is -2.15. The average molecular weight is 390 g/mol. The van der Waals surface area contributed by atoms with Crippen LogP contribution < -0.4 is 10.5 Å². The van der Waals surface area contributed by atoms with Crippen LogP contribution >= 0.6 is 12.8 Å². The summed E-state index contributed by atoms with van der Waals surface area (Å²) in [6.45, 7) is 1.63. The second-order valence-electron chi connectivity index (χ2n) is 4.59. The molecule has 0 saturated carbocycles. The van der Waals surface area contributed by atoms with E-state index in [4.69, 9.17) is 0 Å². The minimum Gasteiger partial charge on any atom is -0.315 e. The predicted octanol–water partition coefficient (Wildman–Crippen LogP) is 4.28. The van der Waals surface area contributed by atoms with Gasteiger partial charge < -0.3 is 10.1 Å². The first-order chi connectivity index (χ1) is 11.9. The van der Waals surface area contributed by atoms with Crippen molar-refractivity contribution < 1.29 is 26.7 Å². The molecule has 9 heteroatoms. The molecule has 1 atom stereocenters. The summed E-state index contributed by atoms with van der Waals surface area (Å²) >= 11 is 3.03. The Morgan fingerprint density at radius 2 is 1.80 bits per heavy atom. The first-order valence-corrected chi connectivity index (χ1v) is 7.89. The molecule has 25 heavy (non-hydrogen) atoms. The molecule has 0 heterocycles. The van der Waals surface area contributed by atoms with Crippen LogP contribution in [-0.2, 0) is 4.79 Å². The van der Waals surface area contributed by atoms with E-state index >= 15 is 0 Å². The molecule has 3 nitrogen and oxygen atoms in total. The van der Waals surface area contributed by atoms with Crippen molar-refractivity contribution in [2.75, 3.05) is 20.8 Å². The molecule has 148 valence electrons. The van der Waals surface area contributed by atoms with Gasteiger partial charge in [0, 0.05) is 6.42 Å². The first kappa shape index (κ1) is 28.6. The van der Waals surface area contributed by atoms with Gasteiger partial charge in [0.15, 0.2) is 11.6 Å². The molecule has 1 unspecified atom stereocenters. The van der Waals surface area contributed by atoms with Gasteiger partial charge in [0.05, 0.1) is 13.7 Å². The highest BCUT2D eigenvalue weighted by atomic mass is 32.1. The summed E-state index contributed by atoms with van der Waals surface area (Å²) in [7, 11) is 1.99. The fourth-order valence-electron chi connectivity index (χ4n) is 1.72. The van der Waals surface area contributed by atoms with Crippen molar-refractivity contribution >= 4 is 19.1 Å². The van der Waals surface area contributed by atoms with Crippen molar-refractivity contribution in [3.8, 4) is 0 Å². The van der Waals surface area contributed by atoms with Crippen LogP contribution in [0.4, 0.5) is 22.0 Å². The van der Waals surface area contributed by atoms with E-state index in [1.165, 1.54) is 13.1 Å². The SMILES string of the molecule is CC(CCCC=O)c1cccc(F)c1F.CF.CNCC(F)F.NS. The summed E-state index contributed by atoms with van der Waals surface area (Å²) in [5, 5.41) is 6.51. The third kappa shape index (κ3) is 16.0. The lowest BCUT2D eigenvalue weighted by molar-refractivity contribution is -0.107. The van der Waals surface area contributed by atoms with Gasteiger partial charge in [-0.05, 0) is 37.4 Å². The van der Waals surface area contributed by atoms with Gasteiger partial charge in [-0.15, -0.1) is 12.8 Å². The van der Waals surface area contributed by atoms with Crippen molar-refractivity contribution in [2.45, 2.75) is 38.5 Å². The largest absolute Gasteiger partial charge is 0.315 e. The molecule has 3 N–H and O–H groups in total. The van der Waals surface area contributed by atoms with Crippen molar-refractivity contribution in [1.29, 1.82) is 0 Å². The minimum atomic E-state index is -2.21. The fraction of sp³-hybridized carbons (Fsp3) is 0.562. The van der Waals surface area contributed by atoms with Gasteiger partial charge >= 0.3 is 0 Å². The van der Waals surface area contributed by atoms with Gasteiger partial charge in [-0.2, -0.15) is 0 Å². The Balaban J connectivity index is -0.000000407. The lowest BCUT2D eigenvalue weighted by atomic mass is 9.95. The number of aldehydes is 1. The molecule has 0 aliphatic carbocycles. The topological polar surface area (TPSA) is 55.1 Å². The summed E-state index contributed by atoms with van der Waals surface area (Å²) in [6.07, 6.45) is 0.505. The summed E-state index contributed by atoms with van der Waals surface area (Å²) < 4.78 is 57.7. The third-order valence-electron chi connectivity index (χ3n) is 2.83. The Morgan fingerprint density at radius 1 is 1.24 bits per heavy atom. The number of carbonyl (C=O) groups excluding carboxylic acids is 1. The van der Waals surface area contributed by atoms with Gasteiger partial charge in [-0.25, -0.2) is 17.6 Å². The number of hydrogen-bond acceptors (Lipinski definition) is 4. The Morgan fingerprint density at radius 3 is 2.20 bits per heavy atom. The Labute approximate surface area is 151 Å². The Kier molecular flexibility index (Phi) is 23.9. The number of alkyl halides is 3. The number of halogens is 5. The van der Waals surface area contributed by atoms with E-state index in [2.05, 4.69) is 23.3 Å². The van der Waals surface area contributed by atoms with Gasteiger partial charge in [0.25, 0.3) is 6.43 Å². The van der Waals surface area contributed by atoms with Crippen molar-refractivity contribution in [3.05, 3.63) is 35.4 Å². The molecule has 0 saturated heterocycles. The number of nitrogens with one attached hydrogen (secondary N) is 1. The molecule has 0 aliphatic heterocycles. The molecule has 0 amide bonds. The molecule has 0 spiro atoms. The van der Waals surface area contributed by atoms with E-state index < -0.39 is 18.1 Å². The molecule has 1 aromatic rings. The number of rotatable bonds is 7. The average Bonchev–Trinajstić information content (AvgIpc) is 2.61. The number of carbonyl (C=O) groups is 1. The van der Waals surface area contributed by atoms with Crippen LogP contribution in [0.25, 0.3) is 0 Å². The summed E-state index contributed by atoms with van der Waals surface area (Å²) in [4.78, 5) is 10.1. The monoisotopic (exact) mass is 390 g/mol. The van der Waals surface area contributed by atoms with Gasteiger partial charge in [0.1, 0.15) is 6.29 Å². The van der Waals surface area contributed by atoms with E-state index in [1.807, 2.05) is 6.92 Å².